The van der Waals surface area contributed by atoms with Crippen molar-refractivity contribution in [3.05, 3.63) is 53.8 Å². The highest BCUT2D eigenvalue weighted by Gasteiger charge is 2.14. The van der Waals surface area contributed by atoms with Crippen molar-refractivity contribution < 1.29 is 9.60 Å². The Morgan fingerprint density at radius 1 is 1.25 bits per heavy atom. The van der Waals surface area contributed by atoms with E-state index < -0.39 is 0 Å². The van der Waals surface area contributed by atoms with Crippen LogP contribution in [-0.4, -0.2) is 20.6 Å². The predicted octanol–water partition coefficient (Wildman–Crippen LogP) is 3.74. The Morgan fingerprint density at radius 2 is 2.00 bits per heavy atom. The van der Waals surface area contributed by atoms with Crippen LogP contribution in [0, 0.1) is 5.82 Å². The maximum atomic E-state index is 13.2. The van der Waals surface area contributed by atoms with Gasteiger partial charge in [0, 0.05) is 17.7 Å². The largest absolute Gasteiger partial charge is 0.409 e. The fourth-order valence-corrected chi connectivity index (χ4v) is 2.71. The molecule has 0 fully saturated rings. The Labute approximate surface area is 139 Å². The molecule has 5 nitrogen and oxygen atoms in total. The second kappa shape index (κ2) is 6.70. The highest BCUT2D eigenvalue weighted by molar-refractivity contribution is 6.00. The topological polar surface area (TPSA) is 76.4 Å². The summed E-state index contributed by atoms with van der Waals surface area (Å²) < 4.78 is 15.3. The number of aromatic nitrogens is 2. The van der Waals surface area contributed by atoms with Gasteiger partial charge in [0.25, 0.3) is 0 Å². The molecule has 6 heteroatoms. The molecule has 0 spiro atoms. The predicted molar refractivity (Wildman–Crippen MR) is 92.5 cm³/mol. The summed E-state index contributed by atoms with van der Waals surface area (Å²) in [7, 11) is 0. The van der Waals surface area contributed by atoms with Crippen LogP contribution in [0.3, 0.4) is 0 Å². The van der Waals surface area contributed by atoms with E-state index in [0.717, 1.165) is 41.8 Å². The molecule has 3 aromatic rings. The minimum Gasteiger partial charge on any atom is -0.409 e. The van der Waals surface area contributed by atoms with Gasteiger partial charge in [-0.2, -0.15) is 0 Å². The molecule has 124 valence electrons. The van der Waals surface area contributed by atoms with Crippen LogP contribution in [-0.2, 0) is 6.54 Å². The van der Waals surface area contributed by atoms with Gasteiger partial charge < -0.3 is 15.5 Å². The normalized spacial score (nSPS) is 12.0. The van der Waals surface area contributed by atoms with E-state index in [1.54, 1.807) is 24.3 Å². The Morgan fingerprint density at radius 3 is 2.67 bits per heavy atom. The van der Waals surface area contributed by atoms with Gasteiger partial charge in [-0.05, 0) is 48.9 Å². The van der Waals surface area contributed by atoms with Crippen LogP contribution in [0.4, 0.5) is 4.39 Å². The smallest absolute Gasteiger partial charge is 0.170 e. The number of fused-ring (bicyclic) bond motifs is 1. The van der Waals surface area contributed by atoms with Crippen LogP contribution in [0.2, 0.25) is 0 Å². The van der Waals surface area contributed by atoms with Crippen molar-refractivity contribution in [3.8, 4) is 11.4 Å². The third-order valence-corrected chi connectivity index (χ3v) is 3.99. The fourth-order valence-electron chi connectivity index (χ4n) is 2.71. The van der Waals surface area contributed by atoms with E-state index >= 15 is 0 Å². The zero-order chi connectivity index (χ0) is 17.1. The van der Waals surface area contributed by atoms with Gasteiger partial charge in [-0.25, -0.2) is 9.37 Å². The third-order valence-electron chi connectivity index (χ3n) is 3.99. The molecule has 0 amide bonds. The highest BCUT2D eigenvalue weighted by Crippen LogP contribution is 2.26. The summed E-state index contributed by atoms with van der Waals surface area (Å²) in [6, 6.07) is 11.8. The standard InChI is InChI=1S/C18H19FN4O/c1-2-3-10-23-16-9-6-13(17(20)22-24)11-15(16)21-18(23)12-4-7-14(19)8-5-12/h4-9,11,24H,2-3,10H2,1H3,(H2,20,22). The molecule has 24 heavy (non-hydrogen) atoms. The quantitative estimate of drug-likeness (QED) is 0.324. The fraction of sp³-hybridized carbons (Fsp3) is 0.222. The molecule has 2 aromatic carbocycles. The Bertz CT molecular complexity index is 884. The molecule has 0 aliphatic rings. The molecule has 0 aliphatic carbocycles. The van der Waals surface area contributed by atoms with Crippen molar-refractivity contribution >= 4 is 16.9 Å². The van der Waals surface area contributed by atoms with Gasteiger partial charge >= 0.3 is 0 Å². The molecule has 1 aromatic heterocycles. The van der Waals surface area contributed by atoms with Gasteiger partial charge in [0.05, 0.1) is 11.0 Å². The van der Waals surface area contributed by atoms with Gasteiger partial charge in [-0.15, -0.1) is 0 Å². The minimum atomic E-state index is -0.274. The Hall–Kier alpha value is -2.89. The van der Waals surface area contributed by atoms with E-state index in [4.69, 9.17) is 15.9 Å². The summed E-state index contributed by atoms with van der Waals surface area (Å²) in [5, 5.41) is 11.9. The molecule has 0 bridgehead atoms. The number of rotatable bonds is 5. The lowest BCUT2D eigenvalue weighted by Gasteiger charge is -2.09. The molecule has 0 radical (unpaired) electrons. The number of hydrogen-bond acceptors (Lipinski definition) is 3. The summed E-state index contributed by atoms with van der Waals surface area (Å²) in [6.07, 6.45) is 2.08. The SMILES string of the molecule is CCCCn1c(-c2ccc(F)cc2)nc2cc(/C(N)=N\O)ccc21. The van der Waals surface area contributed by atoms with Crippen molar-refractivity contribution in [1.82, 2.24) is 9.55 Å². The van der Waals surface area contributed by atoms with Gasteiger partial charge in [-0.1, -0.05) is 18.5 Å². The lowest BCUT2D eigenvalue weighted by molar-refractivity contribution is 0.318. The van der Waals surface area contributed by atoms with Crippen LogP contribution < -0.4 is 5.73 Å². The molecular formula is C18H19FN4O. The van der Waals surface area contributed by atoms with Crippen molar-refractivity contribution in [1.29, 1.82) is 0 Å². The molecule has 0 unspecified atom stereocenters. The van der Waals surface area contributed by atoms with Gasteiger partial charge in [0.1, 0.15) is 11.6 Å². The summed E-state index contributed by atoms with van der Waals surface area (Å²) in [6.45, 7) is 2.95. The third kappa shape index (κ3) is 2.95. The number of imidazole rings is 1. The van der Waals surface area contributed by atoms with E-state index in [9.17, 15) is 4.39 Å². The minimum absolute atomic E-state index is 0.0448. The maximum Gasteiger partial charge on any atom is 0.170 e. The van der Waals surface area contributed by atoms with Crippen LogP contribution in [0.15, 0.2) is 47.6 Å². The van der Waals surface area contributed by atoms with Crippen molar-refractivity contribution in [2.45, 2.75) is 26.3 Å². The lowest BCUT2D eigenvalue weighted by Crippen LogP contribution is -2.12. The van der Waals surface area contributed by atoms with Gasteiger partial charge in [0.15, 0.2) is 5.84 Å². The number of unbranched alkanes of at least 4 members (excludes halogenated alkanes) is 1. The lowest BCUT2D eigenvalue weighted by atomic mass is 10.2. The number of halogens is 1. The summed E-state index contributed by atoms with van der Waals surface area (Å²) in [5.41, 5.74) is 8.85. The highest BCUT2D eigenvalue weighted by atomic mass is 19.1. The molecule has 0 aliphatic heterocycles. The molecule has 0 atom stereocenters. The Kier molecular flexibility index (Phi) is 4.46. The first-order valence-electron chi connectivity index (χ1n) is 7.88. The number of nitrogens with zero attached hydrogens (tertiary/aromatic N) is 3. The van der Waals surface area contributed by atoms with Crippen LogP contribution in [0.5, 0.6) is 0 Å². The van der Waals surface area contributed by atoms with E-state index in [1.165, 1.54) is 12.1 Å². The zero-order valence-corrected chi connectivity index (χ0v) is 13.4. The van der Waals surface area contributed by atoms with E-state index in [0.29, 0.717) is 5.56 Å². The molecule has 3 N–H and O–H groups in total. The maximum absolute atomic E-state index is 13.2. The number of hydrogen-bond donors (Lipinski definition) is 2. The average molecular weight is 326 g/mol. The summed E-state index contributed by atoms with van der Waals surface area (Å²) in [5.74, 6) is 0.558. The average Bonchev–Trinajstić information content (AvgIpc) is 2.97. The first-order chi connectivity index (χ1) is 11.6. The number of amidine groups is 1. The molecule has 1 heterocycles. The molecule has 0 saturated heterocycles. The van der Waals surface area contributed by atoms with E-state index in [2.05, 4.69) is 16.6 Å². The molecule has 3 rings (SSSR count). The second-order valence-corrected chi connectivity index (χ2v) is 5.64. The van der Waals surface area contributed by atoms with Gasteiger partial charge in [0.2, 0.25) is 0 Å². The summed E-state index contributed by atoms with van der Waals surface area (Å²) >= 11 is 0. The summed E-state index contributed by atoms with van der Waals surface area (Å²) in [4.78, 5) is 4.69. The van der Waals surface area contributed by atoms with Crippen molar-refractivity contribution in [3.63, 3.8) is 0 Å². The van der Waals surface area contributed by atoms with Crippen LogP contribution in [0.25, 0.3) is 22.4 Å². The Balaban J connectivity index is 2.17. The van der Waals surface area contributed by atoms with Gasteiger partial charge in [-0.3, -0.25) is 0 Å². The number of nitrogens with two attached hydrogens (primary N) is 1. The first-order valence-corrected chi connectivity index (χ1v) is 7.88. The second-order valence-electron chi connectivity index (χ2n) is 5.64. The number of oxime groups is 1. The zero-order valence-electron chi connectivity index (χ0n) is 13.4. The number of benzene rings is 2. The number of aryl methyl sites for hydroxylation is 1. The van der Waals surface area contributed by atoms with Crippen molar-refractivity contribution in [2.24, 2.45) is 10.9 Å². The first kappa shape index (κ1) is 16.0. The monoisotopic (exact) mass is 326 g/mol. The van der Waals surface area contributed by atoms with Crippen LogP contribution in [0.1, 0.15) is 25.3 Å². The molecule has 0 saturated carbocycles. The van der Waals surface area contributed by atoms with E-state index in [1.807, 2.05) is 6.07 Å². The molecular weight excluding hydrogens is 307 g/mol. The van der Waals surface area contributed by atoms with Crippen molar-refractivity contribution in [2.75, 3.05) is 0 Å². The van der Waals surface area contributed by atoms with Crippen LogP contribution >= 0.6 is 0 Å². The van der Waals surface area contributed by atoms with E-state index in [-0.39, 0.29) is 11.7 Å².